The van der Waals surface area contributed by atoms with Crippen molar-refractivity contribution < 1.29 is 83.1 Å². The van der Waals surface area contributed by atoms with Gasteiger partial charge in [-0.05, 0) is 260 Å². The first-order valence-electron chi connectivity index (χ1n) is 50.1. The van der Waals surface area contributed by atoms with Gasteiger partial charge in [0.1, 0.15) is 0 Å². The lowest BCUT2D eigenvalue weighted by molar-refractivity contribution is -0.257. The van der Waals surface area contributed by atoms with Crippen molar-refractivity contribution in [2.24, 2.45) is 193 Å². The van der Waals surface area contributed by atoms with Crippen LogP contribution in [0.5, 0.6) is 0 Å². The van der Waals surface area contributed by atoms with Gasteiger partial charge in [-0.2, -0.15) is 0 Å². The maximum Gasteiger partial charge on any atom is 0.307 e. The molecule has 5 aliphatic heterocycles. The average Bonchev–Trinajstić information content (AvgIpc) is 0.881. The second-order valence-corrected chi connectivity index (χ2v) is 49.3. The normalized spacial score (nSPS) is 46.2. The van der Waals surface area contributed by atoms with Crippen molar-refractivity contribution >= 4 is 41.5 Å². The van der Waals surface area contributed by atoms with Crippen LogP contribution in [0.2, 0.25) is 0 Å². The summed E-state index contributed by atoms with van der Waals surface area (Å²) in [6, 6.07) is 12.7. The number of nitrogens with one attached hydrogen (secondary N) is 2. The first kappa shape index (κ1) is 100. The molecule has 25 heteroatoms. The molecule has 0 spiro atoms. The fourth-order valence-electron chi connectivity index (χ4n) is 35.1. The number of hydrogen-bond donors (Lipinski definition) is 12. The standard InChI is InChI=1S/C38H52N2O6.C31H50O5.C30H50N2O4.C8H6N2O2.H4N2/c1-21(2)22(3)34(4)16-17-36(6)25-12-13-28-35(5)19-46-20-38(28,26(25)14-15-37(36,7)29(34)33(44)45)18-27(30(35)41)39-40-31(42)23-10-8-9-11-24(23)32(40)43;1-18(2)19(3)27(4)13-14-29(6)20-9-10-23-28(5)16-36-17-31(23,15-22(35-8)25(28)32)21(20)11-12-30(29,7)24(27)26(33)34;1-17(2)18(3)26(4)12-13-28(6)19-8-9-22-27(5)15-36-16-30(22,14-21(32-31)24(27)33)20(19)10-11-29(28,7)23(26)25(34)35;9-10-7(11)5-3-1-2-4-6(5)8(10)12;1-2/h8-11,14,21-22,25,27-30,39,41H,12-13,15-20H2,1-7H3,(H,44,45);11,18-20,22-25,32H,9-10,12-17H2,1-8H3,(H,33,34);10,17-19,21-24,32-33H,8-9,11-16,31H2,1-7H3,(H,34,35);1-4H,9H2;1-2H2/t22-,25+,27-,28+,29-,30+,34-,35-,36-,37+,38+;19-,20+,22-,23+,24-,25+,27-,28-,29-,30+,31+;18-,19+,21-,22+,23-,24+,26-,27-,28-,29+,30+;;/m111../s1. The molecule has 33 atom stereocenters. The van der Waals surface area contributed by atoms with Gasteiger partial charge >= 0.3 is 17.9 Å². The number of aliphatic carboxylic acids is 3. The third-order valence-electron chi connectivity index (χ3n) is 43.9. The van der Waals surface area contributed by atoms with Gasteiger partial charge in [-0.1, -0.05) is 205 Å². The van der Waals surface area contributed by atoms with Gasteiger partial charge in [0.05, 0.1) is 110 Å². The largest absolute Gasteiger partial charge is 0.481 e. The number of imide groups is 2. The minimum atomic E-state index is -0.818. The number of hydrogen-bond acceptors (Lipinski definition) is 20. The van der Waals surface area contributed by atoms with E-state index in [1.54, 1.807) is 55.6 Å². The molecule has 2 aromatic rings. The van der Waals surface area contributed by atoms with Crippen molar-refractivity contribution in [2.75, 3.05) is 46.8 Å². The van der Waals surface area contributed by atoms with Gasteiger partial charge in [0, 0.05) is 45.6 Å². The van der Waals surface area contributed by atoms with Crippen LogP contribution in [-0.2, 0) is 33.3 Å². The number of nitrogens with zero attached hydrogens (tertiary/aromatic N) is 2. The summed E-state index contributed by atoms with van der Waals surface area (Å²) in [7, 11) is 1.73. The van der Waals surface area contributed by atoms with E-state index in [1.165, 1.54) is 16.7 Å². The predicted molar refractivity (Wildman–Crippen MR) is 504 cm³/mol. The van der Waals surface area contributed by atoms with Crippen molar-refractivity contribution in [1.29, 1.82) is 0 Å². The van der Waals surface area contributed by atoms with Crippen LogP contribution >= 0.6 is 0 Å². The summed E-state index contributed by atoms with van der Waals surface area (Å²) in [6.45, 7) is 51.0. The lowest BCUT2D eigenvalue weighted by Crippen LogP contribution is -2.72. The van der Waals surface area contributed by atoms with Gasteiger partial charge in [0.2, 0.25) is 0 Å². The Kier molecular flexibility index (Phi) is 26.1. The highest BCUT2D eigenvalue weighted by molar-refractivity contribution is 6.21. The Balaban J connectivity index is 0.000000142. The van der Waals surface area contributed by atoms with E-state index in [4.69, 9.17) is 30.6 Å². The number of carbonyl (C=O) groups is 7. The van der Waals surface area contributed by atoms with Crippen LogP contribution in [0.3, 0.4) is 0 Å². The van der Waals surface area contributed by atoms with Gasteiger partial charge in [-0.3, -0.25) is 56.5 Å². The Bertz CT molecular complexity index is 4720. The molecule has 132 heavy (non-hydrogen) atoms. The number of amides is 4. The van der Waals surface area contributed by atoms with E-state index in [-0.39, 0.29) is 124 Å². The topological polar surface area (TPSA) is 412 Å². The number of rotatable bonds is 13. The molecule has 12 aliphatic carbocycles. The molecule has 16 N–H and O–H groups in total. The number of aliphatic hydroxyl groups excluding tert-OH is 3. The second kappa shape index (κ2) is 34.4. The zero-order valence-corrected chi connectivity index (χ0v) is 83.3. The quantitative estimate of drug-likeness (QED) is 0.0291. The Labute approximate surface area is 784 Å². The monoisotopic (exact) mass is 1830 g/mol. The number of carboxylic acids is 3. The summed E-state index contributed by atoms with van der Waals surface area (Å²) in [4.78, 5) is 88.7. The fraction of sp³-hybridized carbons (Fsp3) is 0.766. The molecule has 5 heterocycles. The maximum absolute atomic E-state index is 13.4. The van der Waals surface area contributed by atoms with Crippen molar-refractivity contribution in [3.05, 3.63) is 106 Å². The molecule has 3 saturated heterocycles. The van der Waals surface area contributed by atoms with E-state index in [9.17, 15) is 64.2 Å². The van der Waals surface area contributed by atoms with Crippen LogP contribution in [0.15, 0.2) is 83.5 Å². The first-order chi connectivity index (χ1) is 61.7. The molecule has 9 saturated carbocycles. The molecule has 25 nitrogen and oxygen atoms in total. The SMILES string of the molecule is CC(C)[C@@H](C)[C@@]1(C)CC[C@]2(C)[C@H]3CC[C@@H]4[C@@]5(COC[C@@]4(C)[C@@H](O)[C@H](NN)C5)C3=CC[C@@]2(C)[C@@H]1C(=O)O.CC(C)[C@@H](C)[C@@]1(C)CC[C@]2(C)[C@H]3CC[C@@H]4[C@@]5(COC[C@@]4(C)[C@@H](O)[C@H](NN4C(=O)c6ccccc6C4=O)C5)C3=CC[C@@]2(C)[C@@H]1C(=O)O.CO[C@@H]1C[C@@]23COC[C@](C)([C@@H]2CC[C@H]2C3=CC[C@@]3(C)[C@H](C(=O)O)[C@@](C)([C@H](C)C(C)C)CC[C@]23C)[C@H]1O.NN.NN1C(=O)c2ccccc2C1=O. The zero-order chi connectivity index (χ0) is 96.9. The lowest BCUT2D eigenvalue weighted by Gasteiger charge is -2.71. The summed E-state index contributed by atoms with van der Waals surface area (Å²) in [5.74, 6) is 18.5. The van der Waals surface area contributed by atoms with Gasteiger partial charge < -0.3 is 49.6 Å². The highest BCUT2D eigenvalue weighted by Crippen LogP contribution is 2.80. The van der Waals surface area contributed by atoms with Crippen LogP contribution in [-0.4, -0.2) is 165 Å². The van der Waals surface area contributed by atoms with Gasteiger partial charge in [-0.25, -0.2) is 21.3 Å². The fourth-order valence-corrected chi connectivity index (χ4v) is 35.1. The van der Waals surface area contributed by atoms with E-state index < -0.39 is 70.8 Å². The van der Waals surface area contributed by atoms with E-state index in [0.29, 0.717) is 133 Å². The molecule has 4 amide bonds. The number of benzene rings is 2. The Morgan fingerprint density at radius 2 is 0.705 bits per heavy atom. The molecule has 12 fully saturated rings. The third-order valence-corrected chi connectivity index (χ3v) is 43.9. The van der Waals surface area contributed by atoms with E-state index in [0.717, 1.165) is 108 Å². The molecule has 17 aliphatic rings. The van der Waals surface area contributed by atoms with Gasteiger partial charge in [0.15, 0.2) is 0 Å². The molecule has 6 bridgehead atoms. The van der Waals surface area contributed by atoms with E-state index in [1.807, 2.05) is 0 Å². The molecule has 0 unspecified atom stereocenters. The minimum absolute atomic E-state index is 0.0808. The molecule has 732 valence electrons. The number of methoxy groups -OCH3 is 1. The number of allylic oxidation sites excluding steroid dienone is 3. The number of nitrogens with two attached hydrogens (primary N) is 4. The highest BCUT2D eigenvalue weighted by atomic mass is 16.5. The zero-order valence-electron chi connectivity index (χ0n) is 83.3. The highest BCUT2D eigenvalue weighted by Gasteiger charge is 2.77. The minimum Gasteiger partial charge on any atom is -0.481 e. The Morgan fingerprint density at radius 1 is 0.417 bits per heavy atom. The van der Waals surface area contributed by atoms with Crippen molar-refractivity contribution in [3.63, 3.8) is 0 Å². The second-order valence-electron chi connectivity index (χ2n) is 49.3. The molecule has 0 aromatic heterocycles. The van der Waals surface area contributed by atoms with Crippen LogP contribution in [0, 0.1) is 170 Å². The number of carboxylic acid groups (broad SMARTS) is 3. The summed E-state index contributed by atoms with van der Waals surface area (Å²) in [5, 5.41) is 68.8. The Morgan fingerprint density at radius 3 is 1.00 bits per heavy atom. The van der Waals surface area contributed by atoms with Crippen molar-refractivity contribution in [1.82, 2.24) is 20.9 Å². The van der Waals surface area contributed by atoms with E-state index in [2.05, 4.69) is 186 Å². The summed E-state index contributed by atoms with van der Waals surface area (Å²) < 4.78 is 24.9. The summed E-state index contributed by atoms with van der Waals surface area (Å²) >= 11 is 0. The van der Waals surface area contributed by atoms with Crippen molar-refractivity contribution in [3.8, 4) is 0 Å². The van der Waals surface area contributed by atoms with Crippen LogP contribution in [0.4, 0.5) is 0 Å². The van der Waals surface area contributed by atoms with Gasteiger partial charge in [0.25, 0.3) is 23.6 Å². The lowest BCUT2D eigenvalue weighted by atomic mass is 9.34. The Hall–Kier alpha value is -6.17. The summed E-state index contributed by atoms with van der Waals surface area (Å²) in [6.07, 6.45) is 21.7. The smallest absolute Gasteiger partial charge is 0.307 e. The van der Waals surface area contributed by atoms with Crippen LogP contribution < -0.4 is 34.2 Å². The van der Waals surface area contributed by atoms with Gasteiger partial charge in [-0.15, -0.1) is 0 Å². The molecular weight excluding hydrogens is 1670 g/mol. The van der Waals surface area contributed by atoms with Crippen LogP contribution in [0.1, 0.15) is 302 Å². The van der Waals surface area contributed by atoms with E-state index >= 15 is 0 Å². The number of fused-ring (bicyclic) bond motifs is 11. The van der Waals surface area contributed by atoms with Crippen LogP contribution in [0.25, 0.3) is 0 Å². The molecule has 19 rings (SSSR count). The molecular formula is C107H162N8O17. The molecule has 0 radical (unpaired) electrons. The number of hydrazine groups is 4. The van der Waals surface area contributed by atoms with Crippen molar-refractivity contribution in [2.45, 2.75) is 297 Å². The molecule has 2 aromatic carbocycles. The maximum atomic E-state index is 13.4. The number of aliphatic hydroxyl groups is 3. The number of ether oxygens (including phenoxy) is 4. The summed E-state index contributed by atoms with van der Waals surface area (Å²) in [5.41, 5.74) is 8.02. The average molecular weight is 1830 g/mol. The third kappa shape index (κ3) is 13.8. The predicted octanol–water partition coefficient (Wildman–Crippen LogP) is 15.8. The first-order valence-corrected chi connectivity index (χ1v) is 50.1. The number of carbonyl (C=O) groups excluding carboxylic acids is 4.